The van der Waals surface area contributed by atoms with E-state index in [1.165, 1.54) is 11.1 Å². The smallest absolute Gasteiger partial charge is 0.145 e. The molecule has 0 aromatic heterocycles. The van der Waals surface area contributed by atoms with Gasteiger partial charge in [0.1, 0.15) is 0 Å². The first kappa shape index (κ1) is 11.1. The number of aryl methyl sites for hydroxylation is 1. The van der Waals surface area contributed by atoms with Crippen LogP contribution in [-0.4, -0.2) is 6.69 Å². The third-order valence-corrected chi connectivity index (χ3v) is 6.21. The first-order chi connectivity index (χ1) is 5.93. The molecule has 0 amide bonds. The van der Waals surface area contributed by atoms with E-state index >= 15 is 0 Å². The fourth-order valence-corrected chi connectivity index (χ4v) is 2.92. The fraction of sp³-hybridized carbons (Fsp3) is 0.400. The van der Waals surface area contributed by atoms with Gasteiger partial charge in [-0.25, -0.2) is 0 Å². The molecule has 0 fully saturated rings. The molecule has 72 valence electrons. The van der Waals surface area contributed by atoms with E-state index in [0.717, 1.165) is 0 Å². The van der Waals surface area contributed by atoms with Gasteiger partial charge in [-0.15, -0.1) is 22.2 Å². The van der Waals surface area contributed by atoms with Gasteiger partial charge >= 0.3 is 0 Å². The maximum Gasteiger partial charge on any atom is 0.255 e. The quantitative estimate of drug-likeness (QED) is 0.530. The van der Waals surface area contributed by atoms with Crippen molar-refractivity contribution in [3.05, 3.63) is 35.4 Å². The average molecular weight is 233 g/mol. The Balaban J connectivity index is 3.02. The summed E-state index contributed by atoms with van der Waals surface area (Å²) in [5, 5.41) is 0. The van der Waals surface area contributed by atoms with E-state index < -0.39 is 6.69 Å². The van der Waals surface area contributed by atoms with Gasteiger partial charge in [-0.3, -0.25) is 0 Å². The van der Waals surface area contributed by atoms with Gasteiger partial charge in [0.05, 0.1) is 0 Å². The van der Waals surface area contributed by atoms with Crippen molar-refractivity contribution in [2.45, 2.75) is 25.9 Å². The molecule has 0 aliphatic rings. The van der Waals surface area contributed by atoms with Crippen LogP contribution in [0, 0.1) is 6.92 Å². The highest BCUT2D eigenvalue weighted by Crippen LogP contribution is 2.34. The summed E-state index contributed by atoms with van der Waals surface area (Å²) in [6, 6.07) is 8.27. The second kappa shape index (κ2) is 4.03. The monoisotopic (exact) mass is 232 g/mol. The second-order valence-corrected chi connectivity index (χ2v) is 11.6. The number of benzene rings is 1. The molecule has 0 saturated heterocycles. The minimum Gasteiger partial charge on any atom is -0.145 e. The molecule has 1 unspecified atom stereocenters. The van der Waals surface area contributed by atoms with Crippen LogP contribution in [0.4, 0.5) is 0 Å². The van der Waals surface area contributed by atoms with E-state index in [0.29, 0.717) is 0 Å². The highest BCUT2D eigenvalue weighted by Gasteiger charge is 2.31. The molecule has 1 rings (SSSR count). The molecule has 13 heavy (non-hydrogen) atoms. The van der Waals surface area contributed by atoms with E-state index in [1.54, 1.807) is 0 Å². The van der Waals surface area contributed by atoms with Crippen molar-refractivity contribution in [1.29, 1.82) is 0 Å². The Morgan fingerprint density at radius 1 is 1.23 bits per heavy atom. The molecule has 0 radical (unpaired) electrons. The minimum atomic E-state index is -2.09. The molecular weight excluding hydrogens is 219 g/mol. The zero-order chi connectivity index (χ0) is 10.1. The van der Waals surface area contributed by atoms with E-state index in [1.807, 2.05) is 18.7 Å². The third-order valence-electron chi connectivity index (χ3n) is 2.42. The topological polar surface area (TPSA) is 0 Å². The van der Waals surface area contributed by atoms with Gasteiger partial charge in [0.2, 0.25) is 0 Å². The number of rotatable bonds is 2. The Hall–Kier alpha value is 0.0169. The molecule has 1 aromatic rings. The fourth-order valence-electron chi connectivity index (χ4n) is 1.35. The summed E-state index contributed by atoms with van der Waals surface area (Å²) in [5.41, 5.74) is 2.84. The van der Waals surface area contributed by atoms with Gasteiger partial charge in [-0.1, -0.05) is 31.2 Å². The zero-order valence-corrected chi connectivity index (χ0v) is 10.7. The standard InChI is InChI=1S/C10H14Cl2Si/c1-8-6-4-5-7-10(8)9(2)13(3,11)12/h4-7,9H,1-3H3. The van der Waals surface area contributed by atoms with Gasteiger partial charge in [0.25, 0.3) is 6.69 Å². The molecule has 1 atom stereocenters. The first-order valence-corrected chi connectivity index (χ1v) is 8.96. The maximum atomic E-state index is 6.19. The summed E-state index contributed by atoms with van der Waals surface area (Å²) in [6.45, 7) is 4.08. The summed E-state index contributed by atoms with van der Waals surface area (Å²) in [4.78, 5) is 0. The predicted molar refractivity (Wildman–Crippen MR) is 62.9 cm³/mol. The molecule has 0 aliphatic carbocycles. The SMILES string of the molecule is Cc1ccccc1C(C)[Si](C)(Cl)Cl. The molecule has 0 N–H and O–H groups in total. The van der Waals surface area contributed by atoms with Crippen LogP contribution in [0.5, 0.6) is 0 Å². The van der Waals surface area contributed by atoms with Crippen LogP contribution in [-0.2, 0) is 0 Å². The summed E-state index contributed by atoms with van der Waals surface area (Å²) >= 11 is 12.4. The lowest BCUT2D eigenvalue weighted by atomic mass is 10.1. The molecule has 0 bridgehead atoms. The van der Waals surface area contributed by atoms with Gasteiger partial charge in [0, 0.05) is 5.54 Å². The van der Waals surface area contributed by atoms with Crippen molar-refractivity contribution in [2.24, 2.45) is 0 Å². The predicted octanol–water partition coefficient (Wildman–Crippen LogP) is 4.19. The molecule has 0 saturated carbocycles. The van der Waals surface area contributed by atoms with Crippen molar-refractivity contribution < 1.29 is 0 Å². The summed E-state index contributed by atoms with van der Waals surface area (Å²) in [7, 11) is 0. The number of hydrogen-bond acceptors (Lipinski definition) is 0. The van der Waals surface area contributed by atoms with Crippen LogP contribution in [0.15, 0.2) is 24.3 Å². The summed E-state index contributed by atoms with van der Waals surface area (Å²) in [6.07, 6.45) is 0. The Morgan fingerprint density at radius 2 is 1.77 bits per heavy atom. The van der Waals surface area contributed by atoms with Crippen molar-refractivity contribution in [3.63, 3.8) is 0 Å². The summed E-state index contributed by atoms with van der Waals surface area (Å²) in [5.74, 6) is 0. The van der Waals surface area contributed by atoms with Gasteiger partial charge < -0.3 is 0 Å². The molecule has 1 aromatic carbocycles. The molecular formula is C10H14Cl2Si. The average Bonchev–Trinajstić information content (AvgIpc) is 2.02. The number of halogens is 2. The summed E-state index contributed by atoms with van der Waals surface area (Å²) < 4.78 is 0. The lowest BCUT2D eigenvalue weighted by molar-refractivity contribution is 1.03. The van der Waals surface area contributed by atoms with E-state index in [9.17, 15) is 0 Å². The van der Waals surface area contributed by atoms with Crippen LogP contribution >= 0.6 is 22.2 Å². The molecule has 0 nitrogen and oxygen atoms in total. The molecule has 0 spiro atoms. The van der Waals surface area contributed by atoms with Crippen LogP contribution in [0.2, 0.25) is 6.55 Å². The van der Waals surface area contributed by atoms with Crippen LogP contribution < -0.4 is 0 Å². The van der Waals surface area contributed by atoms with E-state index in [4.69, 9.17) is 22.2 Å². The Bertz CT molecular complexity index is 291. The second-order valence-electron chi connectivity index (χ2n) is 3.53. The van der Waals surface area contributed by atoms with Crippen LogP contribution in [0.25, 0.3) is 0 Å². The molecule has 0 aliphatic heterocycles. The first-order valence-electron chi connectivity index (χ1n) is 4.36. The van der Waals surface area contributed by atoms with Crippen molar-refractivity contribution >= 4 is 28.9 Å². The zero-order valence-electron chi connectivity index (χ0n) is 8.14. The van der Waals surface area contributed by atoms with Gasteiger partial charge in [-0.2, -0.15) is 0 Å². The maximum absolute atomic E-state index is 6.19. The van der Waals surface area contributed by atoms with Crippen LogP contribution in [0.3, 0.4) is 0 Å². The molecule has 3 heteroatoms. The molecule has 0 heterocycles. The van der Waals surface area contributed by atoms with Crippen molar-refractivity contribution in [2.75, 3.05) is 0 Å². The Kier molecular flexibility index (Phi) is 3.44. The van der Waals surface area contributed by atoms with Crippen molar-refractivity contribution in [3.8, 4) is 0 Å². The Labute approximate surface area is 90.3 Å². The van der Waals surface area contributed by atoms with Crippen molar-refractivity contribution in [1.82, 2.24) is 0 Å². The Morgan fingerprint density at radius 3 is 2.23 bits per heavy atom. The highest BCUT2D eigenvalue weighted by atomic mass is 35.7. The van der Waals surface area contributed by atoms with Gasteiger partial charge in [0.15, 0.2) is 0 Å². The minimum absolute atomic E-state index is 0.289. The lowest BCUT2D eigenvalue weighted by Gasteiger charge is -2.21. The van der Waals surface area contributed by atoms with Gasteiger partial charge in [-0.05, 0) is 24.6 Å². The normalized spacial score (nSPS) is 14.2. The highest BCUT2D eigenvalue weighted by molar-refractivity contribution is 7.45. The third kappa shape index (κ3) is 2.73. The number of hydrogen-bond donors (Lipinski definition) is 0. The largest absolute Gasteiger partial charge is 0.255 e. The van der Waals surface area contributed by atoms with Crippen LogP contribution in [0.1, 0.15) is 23.6 Å². The van der Waals surface area contributed by atoms with E-state index in [-0.39, 0.29) is 5.54 Å². The van der Waals surface area contributed by atoms with E-state index in [2.05, 4.69) is 26.0 Å². The lowest BCUT2D eigenvalue weighted by Crippen LogP contribution is -2.23.